The van der Waals surface area contributed by atoms with Crippen LogP contribution in [0.15, 0.2) is 47.8 Å². The molecule has 0 saturated carbocycles. The zero-order valence-corrected chi connectivity index (χ0v) is 14.5. The summed E-state index contributed by atoms with van der Waals surface area (Å²) in [5.74, 6) is 1.38. The molecule has 0 aliphatic heterocycles. The minimum Gasteiger partial charge on any atom is -0.497 e. The van der Waals surface area contributed by atoms with E-state index < -0.39 is 0 Å². The van der Waals surface area contributed by atoms with Crippen molar-refractivity contribution in [1.29, 1.82) is 0 Å². The molecule has 0 N–H and O–H groups in total. The highest BCUT2D eigenvalue weighted by molar-refractivity contribution is 7.13. The predicted molar refractivity (Wildman–Crippen MR) is 95.3 cm³/mol. The molecule has 3 rings (SSSR count). The zero-order chi connectivity index (χ0) is 17.1. The number of nitrogens with zero attached hydrogens (tertiary/aromatic N) is 1. The molecule has 4 nitrogen and oxygen atoms in total. The van der Waals surface area contributed by atoms with Crippen molar-refractivity contribution < 1.29 is 14.3 Å². The maximum atomic E-state index is 12.6. The molecule has 1 heterocycles. The zero-order valence-electron chi connectivity index (χ0n) is 13.7. The molecule has 24 heavy (non-hydrogen) atoms. The van der Waals surface area contributed by atoms with E-state index in [0.29, 0.717) is 17.0 Å². The van der Waals surface area contributed by atoms with Crippen molar-refractivity contribution in [1.82, 2.24) is 4.98 Å². The van der Waals surface area contributed by atoms with E-state index >= 15 is 0 Å². The SMILES string of the molecule is COc1cccc(C(=O)c2csc(-c3ccc(OC)c(C)c3)n2)c1. The van der Waals surface area contributed by atoms with Crippen molar-refractivity contribution in [3.63, 3.8) is 0 Å². The molecule has 0 radical (unpaired) electrons. The fraction of sp³-hybridized carbons (Fsp3) is 0.158. The second-order valence-electron chi connectivity index (χ2n) is 5.28. The number of aryl methyl sites for hydroxylation is 1. The van der Waals surface area contributed by atoms with Gasteiger partial charge in [-0.05, 0) is 42.8 Å². The second kappa shape index (κ2) is 6.84. The van der Waals surface area contributed by atoms with E-state index in [4.69, 9.17) is 9.47 Å². The Morgan fingerprint density at radius 1 is 1.08 bits per heavy atom. The number of carbonyl (C=O) groups excluding carboxylic acids is 1. The number of aromatic nitrogens is 1. The largest absolute Gasteiger partial charge is 0.497 e. The first-order chi connectivity index (χ1) is 11.6. The van der Waals surface area contributed by atoms with Gasteiger partial charge in [0.25, 0.3) is 0 Å². The lowest BCUT2D eigenvalue weighted by Crippen LogP contribution is -2.02. The Morgan fingerprint density at radius 3 is 2.62 bits per heavy atom. The van der Waals surface area contributed by atoms with Gasteiger partial charge in [0.15, 0.2) is 0 Å². The number of carbonyl (C=O) groups is 1. The van der Waals surface area contributed by atoms with Crippen LogP contribution in [0, 0.1) is 6.92 Å². The second-order valence-corrected chi connectivity index (χ2v) is 6.14. The summed E-state index contributed by atoms with van der Waals surface area (Å²) in [6, 6.07) is 13.0. The van der Waals surface area contributed by atoms with Gasteiger partial charge < -0.3 is 9.47 Å². The van der Waals surface area contributed by atoms with Crippen molar-refractivity contribution in [3.8, 4) is 22.1 Å². The van der Waals surface area contributed by atoms with Crippen LogP contribution in [0.5, 0.6) is 11.5 Å². The first-order valence-corrected chi connectivity index (χ1v) is 8.29. The normalized spacial score (nSPS) is 10.5. The van der Waals surface area contributed by atoms with Gasteiger partial charge in [0.1, 0.15) is 22.2 Å². The van der Waals surface area contributed by atoms with Crippen LogP contribution in [-0.2, 0) is 0 Å². The van der Waals surface area contributed by atoms with Gasteiger partial charge in [-0.1, -0.05) is 12.1 Å². The summed E-state index contributed by atoms with van der Waals surface area (Å²) >= 11 is 1.45. The van der Waals surface area contributed by atoms with Crippen molar-refractivity contribution in [3.05, 3.63) is 64.7 Å². The molecule has 0 saturated heterocycles. The molecular weight excluding hydrogens is 322 g/mol. The van der Waals surface area contributed by atoms with Crippen LogP contribution in [0.3, 0.4) is 0 Å². The molecule has 0 aliphatic rings. The molecule has 5 heteroatoms. The summed E-state index contributed by atoms with van der Waals surface area (Å²) in [4.78, 5) is 17.1. The first kappa shape index (κ1) is 16.2. The Labute approximate surface area is 144 Å². The lowest BCUT2D eigenvalue weighted by Gasteiger charge is -2.05. The van der Waals surface area contributed by atoms with Crippen LogP contribution in [0.25, 0.3) is 10.6 Å². The summed E-state index contributed by atoms with van der Waals surface area (Å²) in [5, 5.41) is 2.60. The molecule has 0 fully saturated rings. The van der Waals surface area contributed by atoms with Gasteiger partial charge in [-0.3, -0.25) is 4.79 Å². The number of benzene rings is 2. The standard InChI is InChI=1S/C19H17NO3S/c1-12-9-14(7-8-17(12)23-3)19-20-16(11-24-19)18(21)13-5-4-6-15(10-13)22-2/h4-11H,1-3H3. The van der Waals surface area contributed by atoms with Gasteiger partial charge in [0, 0.05) is 16.5 Å². The van der Waals surface area contributed by atoms with E-state index in [1.54, 1.807) is 37.8 Å². The third-order valence-electron chi connectivity index (χ3n) is 3.71. The van der Waals surface area contributed by atoms with Crippen LogP contribution in [0.2, 0.25) is 0 Å². The Bertz CT molecular complexity index is 886. The molecule has 3 aromatic rings. The molecule has 0 aliphatic carbocycles. The molecule has 0 amide bonds. The third kappa shape index (κ3) is 3.16. The van der Waals surface area contributed by atoms with E-state index in [-0.39, 0.29) is 5.78 Å². The quantitative estimate of drug-likeness (QED) is 0.648. The van der Waals surface area contributed by atoms with Crippen molar-refractivity contribution in [2.75, 3.05) is 14.2 Å². The Hall–Kier alpha value is -2.66. The van der Waals surface area contributed by atoms with Crippen LogP contribution >= 0.6 is 11.3 Å². The van der Waals surface area contributed by atoms with Gasteiger partial charge in [-0.15, -0.1) is 11.3 Å². The maximum Gasteiger partial charge on any atom is 0.212 e. The van der Waals surface area contributed by atoms with E-state index in [9.17, 15) is 4.79 Å². The number of ether oxygens (including phenoxy) is 2. The monoisotopic (exact) mass is 339 g/mol. The smallest absolute Gasteiger partial charge is 0.212 e. The summed E-state index contributed by atoms with van der Waals surface area (Å²) in [5.41, 5.74) is 3.02. The average molecular weight is 339 g/mol. The lowest BCUT2D eigenvalue weighted by molar-refractivity contribution is 0.103. The minimum atomic E-state index is -0.110. The average Bonchev–Trinajstić information content (AvgIpc) is 3.11. The fourth-order valence-electron chi connectivity index (χ4n) is 2.43. The molecule has 0 spiro atoms. The Balaban J connectivity index is 1.90. The van der Waals surface area contributed by atoms with Crippen LogP contribution in [0.4, 0.5) is 0 Å². The Kier molecular flexibility index (Phi) is 4.62. The van der Waals surface area contributed by atoms with Gasteiger partial charge in [-0.2, -0.15) is 0 Å². The van der Waals surface area contributed by atoms with E-state index in [1.165, 1.54) is 11.3 Å². The molecule has 0 bridgehead atoms. The van der Waals surface area contributed by atoms with E-state index in [1.807, 2.05) is 31.2 Å². The summed E-state index contributed by atoms with van der Waals surface area (Å²) in [6.07, 6.45) is 0. The van der Waals surface area contributed by atoms with E-state index in [0.717, 1.165) is 21.9 Å². The van der Waals surface area contributed by atoms with Crippen molar-refractivity contribution in [2.45, 2.75) is 6.92 Å². The first-order valence-electron chi connectivity index (χ1n) is 7.41. The van der Waals surface area contributed by atoms with Gasteiger partial charge >= 0.3 is 0 Å². The highest BCUT2D eigenvalue weighted by Gasteiger charge is 2.15. The molecule has 1 aromatic heterocycles. The van der Waals surface area contributed by atoms with E-state index in [2.05, 4.69) is 4.98 Å². The van der Waals surface area contributed by atoms with Crippen molar-refractivity contribution in [2.24, 2.45) is 0 Å². The number of hydrogen-bond donors (Lipinski definition) is 0. The summed E-state index contributed by atoms with van der Waals surface area (Å²) in [7, 11) is 3.23. The number of hydrogen-bond acceptors (Lipinski definition) is 5. The van der Waals surface area contributed by atoms with Gasteiger partial charge in [0.2, 0.25) is 5.78 Å². The topological polar surface area (TPSA) is 48.4 Å². The predicted octanol–water partition coefficient (Wildman–Crippen LogP) is 4.37. The van der Waals surface area contributed by atoms with Crippen LogP contribution in [0.1, 0.15) is 21.6 Å². The summed E-state index contributed by atoms with van der Waals surface area (Å²) < 4.78 is 10.4. The highest BCUT2D eigenvalue weighted by Crippen LogP contribution is 2.29. The third-order valence-corrected chi connectivity index (χ3v) is 4.60. The van der Waals surface area contributed by atoms with Gasteiger partial charge in [-0.25, -0.2) is 4.98 Å². The molecule has 122 valence electrons. The van der Waals surface area contributed by atoms with Crippen molar-refractivity contribution >= 4 is 17.1 Å². The van der Waals surface area contributed by atoms with Gasteiger partial charge in [0.05, 0.1) is 14.2 Å². The maximum absolute atomic E-state index is 12.6. The number of ketones is 1. The molecular formula is C19H17NO3S. The number of thiazole rings is 1. The van der Waals surface area contributed by atoms with Crippen LogP contribution in [-0.4, -0.2) is 25.0 Å². The lowest BCUT2D eigenvalue weighted by atomic mass is 10.1. The summed E-state index contributed by atoms with van der Waals surface area (Å²) in [6.45, 7) is 1.98. The highest BCUT2D eigenvalue weighted by atomic mass is 32.1. The number of rotatable bonds is 5. The molecule has 0 atom stereocenters. The van der Waals surface area contributed by atoms with Crippen LogP contribution < -0.4 is 9.47 Å². The Morgan fingerprint density at radius 2 is 1.92 bits per heavy atom. The number of methoxy groups -OCH3 is 2. The fourth-order valence-corrected chi connectivity index (χ4v) is 3.23. The minimum absolute atomic E-state index is 0.110. The molecule has 0 unspecified atom stereocenters. The molecule has 2 aromatic carbocycles.